The number of aryl methyl sites for hydroxylation is 1. The number of oxime groups is 1. The number of aromatic nitrogens is 5. The average Bonchev–Trinajstić information content (AvgIpc) is 3.50. The molecule has 0 aromatic carbocycles. The third kappa shape index (κ3) is 6.40. The van der Waals surface area contributed by atoms with Crippen molar-refractivity contribution >= 4 is 73.5 Å². The minimum Gasteiger partial charge on any atom is -0.477 e. The van der Waals surface area contributed by atoms with Gasteiger partial charge >= 0.3 is 5.97 Å². The van der Waals surface area contributed by atoms with Crippen molar-refractivity contribution in [1.82, 2.24) is 35.4 Å². The fraction of sp³-hybridized carbons (Fsp3) is 0.368. The third-order valence-corrected chi connectivity index (χ3v) is 8.96. The number of tetrazole rings is 1. The van der Waals surface area contributed by atoms with E-state index in [9.17, 15) is 27.9 Å². The zero-order chi connectivity index (χ0) is 28.3. The standard InChI is InChI=1S/C19H21N9O7S4/c1-4-5-35-23-11(10-8-37-18(20-10)24-39(3,33)34)14(29)21-12-15(30)28-13(17(31)32)9(6-36-16(12)28)7-38-19-22-25-26-27(19)2/h4,8,12,16H,1,5-7H2,2-3H3,(H,20,24)(H,21,29)(H,31,32)/b23-11-/t12?,16-/m1/s1. The number of anilines is 1. The Morgan fingerprint density at radius 1 is 1.44 bits per heavy atom. The molecule has 4 heterocycles. The summed E-state index contributed by atoms with van der Waals surface area (Å²) in [7, 11) is -1.95. The molecule has 4 rings (SSSR count). The van der Waals surface area contributed by atoms with Crippen LogP contribution in [0, 0.1) is 0 Å². The Kier molecular flexibility index (Phi) is 8.57. The van der Waals surface area contributed by atoms with E-state index in [0.717, 1.165) is 22.5 Å². The molecule has 2 aromatic rings. The number of thiazole rings is 1. The van der Waals surface area contributed by atoms with Crippen LogP contribution in [0.4, 0.5) is 5.13 Å². The normalized spacial score (nSPS) is 19.3. The van der Waals surface area contributed by atoms with E-state index >= 15 is 0 Å². The number of nitrogens with zero attached hydrogens (tertiary/aromatic N) is 7. The summed E-state index contributed by atoms with van der Waals surface area (Å²) in [4.78, 5) is 48.6. The molecule has 0 saturated carbocycles. The molecule has 1 fully saturated rings. The van der Waals surface area contributed by atoms with Crippen LogP contribution in [-0.2, 0) is 36.3 Å². The summed E-state index contributed by atoms with van der Waals surface area (Å²) in [5.74, 6) is -2.13. The predicted molar refractivity (Wildman–Crippen MR) is 142 cm³/mol. The van der Waals surface area contributed by atoms with Gasteiger partial charge in [0.2, 0.25) is 15.2 Å². The summed E-state index contributed by atoms with van der Waals surface area (Å²) < 4.78 is 26.7. The maximum absolute atomic E-state index is 13.1. The molecule has 1 unspecified atom stereocenters. The highest BCUT2D eigenvalue weighted by molar-refractivity contribution is 8.01. The first kappa shape index (κ1) is 28.5. The van der Waals surface area contributed by atoms with E-state index in [0.29, 0.717) is 16.5 Å². The van der Waals surface area contributed by atoms with E-state index in [4.69, 9.17) is 4.84 Å². The lowest BCUT2D eigenvalue weighted by Gasteiger charge is -2.49. The minimum atomic E-state index is -3.61. The van der Waals surface area contributed by atoms with Crippen molar-refractivity contribution in [1.29, 1.82) is 0 Å². The van der Waals surface area contributed by atoms with Gasteiger partial charge in [0.25, 0.3) is 11.8 Å². The zero-order valence-electron chi connectivity index (χ0n) is 20.3. The number of carboxylic acid groups (broad SMARTS) is 1. The SMILES string of the molecule is C=CCO/N=C(\C(=O)NC1C(=O)N2C(C(=O)O)=C(CSc3nnnn3C)CS[C@H]12)c1csc(NS(C)(=O)=O)n1. The molecular formula is C19H21N9O7S4. The van der Waals surface area contributed by atoms with Crippen LogP contribution in [0.5, 0.6) is 0 Å². The first-order valence-electron chi connectivity index (χ1n) is 10.8. The second kappa shape index (κ2) is 11.7. The number of hydrogen-bond acceptors (Lipinski definition) is 14. The van der Waals surface area contributed by atoms with E-state index in [1.165, 1.54) is 39.7 Å². The van der Waals surface area contributed by atoms with Gasteiger partial charge in [0.15, 0.2) is 10.8 Å². The van der Waals surface area contributed by atoms with Crippen LogP contribution in [-0.4, -0.2) is 103 Å². The Bertz CT molecular complexity index is 1480. The number of carbonyl (C=O) groups is 3. The van der Waals surface area contributed by atoms with Gasteiger partial charge in [-0.3, -0.25) is 19.2 Å². The molecule has 0 spiro atoms. The summed E-state index contributed by atoms with van der Waals surface area (Å²) in [6, 6.07) is -1.04. The fourth-order valence-corrected chi connectivity index (χ4v) is 7.33. The second-order valence-corrected chi connectivity index (χ2v) is 12.6. The summed E-state index contributed by atoms with van der Waals surface area (Å²) in [5, 5.41) is 28.6. The highest BCUT2D eigenvalue weighted by atomic mass is 32.2. The molecule has 208 valence electrons. The van der Waals surface area contributed by atoms with E-state index in [1.807, 2.05) is 0 Å². The van der Waals surface area contributed by atoms with Crippen molar-refractivity contribution < 1.29 is 32.7 Å². The van der Waals surface area contributed by atoms with Gasteiger partial charge in [-0.2, -0.15) is 0 Å². The quantitative estimate of drug-likeness (QED) is 0.0686. The Hall–Kier alpha value is -3.49. The molecule has 2 aliphatic rings. The minimum absolute atomic E-state index is 0.00388. The largest absolute Gasteiger partial charge is 0.477 e. The number of carboxylic acids is 1. The maximum atomic E-state index is 13.1. The van der Waals surface area contributed by atoms with E-state index in [-0.39, 0.29) is 34.6 Å². The van der Waals surface area contributed by atoms with E-state index < -0.39 is 39.2 Å². The summed E-state index contributed by atoms with van der Waals surface area (Å²) in [6.07, 6.45) is 2.36. The molecule has 0 aliphatic carbocycles. The van der Waals surface area contributed by atoms with Gasteiger partial charge in [0.05, 0.1) is 6.26 Å². The lowest BCUT2D eigenvalue weighted by molar-refractivity contribution is -0.150. The van der Waals surface area contributed by atoms with Crippen LogP contribution in [0.3, 0.4) is 0 Å². The highest BCUT2D eigenvalue weighted by Gasteiger charge is 2.54. The first-order chi connectivity index (χ1) is 18.5. The van der Waals surface area contributed by atoms with Gasteiger partial charge in [-0.1, -0.05) is 29.6 Å². The van der Waals surface area contributed by atoms with Crippen LogP contribution >= 0.6 is 34.9 Å². The fourth-order valence-electron chi connectivity index (χ4n) is 3.45. The van der Waals surface area contributed by atoms with Crippen molar-refractivity contribution in [3.8, 4) is 0 Å². The Balaban J connectivity index is 1.50. The summed E-state index contributed by atoms with van der Waals surface area (Å²) in [5.41, 5.74) is 0.0841. The lowest BCUT2D eigenvalue weighted by atomic mass is 10.0. The Morgan fingerprint density at radius 2 is 2.21 bits per heavy atom. The molecule has 0 radical (unpaired) electrons. The number of β-lactam (4-membered cyclic amide) rings is 1. The molecule has 20 heteroatoms. The van der Waals surface area contributed by atoms with Crippen LogP contribution < -0.4 is 10.0 Å². The Morgan fingerprint density at radius 3 is 2.85 bits per heavy atom. The molecule has 2 aromatic heterocycles. The smallest absolute Gasteiger partial charge is 0.352 e. The van der Waals surface area contributed by atoms with Crippen molar-refractivity contribution in [3.05, 3.63) is 35.0 Å². The van der Waals surface area contributed by atoms with Crippen molar-refractivity contribution in [2.24, 2.45) is 12.2 Å². The van der Waals surface area contributed by atoms with Crippen LogP contribution in [0.15, 0.2) is 39.6 Å². The number of hydrogen-bond donors (Lipinski definition) is 3. The first-order valence-corrected chi connectivity index (χ1v) is 15.6. The van der Waals surface area contributed by atoms with Gasteiger partial charge in [0, 0.05) is 23.9 Å². The number of nitrogens with one attached hydrogen (secondary N) is 2. The maximum Gasteiger partial charge on any atom is 0.352 e. The molecular weight excluding hydrogens is 595 g/mol. The van der Waals surface area contributed by atoms with Gasteiger partial charge in [-0.05, 0) is 16.0 Å². The van der Waals surface area contributed by atoms with Gasteiger partial charge in [-0.25, -0.2) is 22.9 Å². The average molecular weight is 616 g/mol. The van der Waals surface area contributed by atoms with E-state index in [1.54, 1.807) is 7.05 Å². The summed E-state index contributed by atoms with van der Waals surface area (Å²) in [6.45, 7) is 3.48. The number of carbonyl (C=O) groups excluding carboxylic acids is 2. The van der Waals surface area contributed by atoms with E-state index in [2.05, 4.69) is 42.3 Å². The molecule has 2 atom stereocenters. The lowest BCUT2D eigenvalue weighted by Crippen LogP contribution is -2.71. The van der Waals surface area contributed by atoms with Crippen molar-refractivity contribution in [3.63, 3.8) is 0 Å². The van der Waals surface area contributed by atoms with Crippen molar-refractivity contribution in [2.75, 3.05) is 29.1 Å². The predicted octanol–water partition coefficient (Wildman–Crippen LogP) is -0.524. The molecule has 39 heavy (non-hydrogen) atoms. The monoisotopic (exact) mass is 615 g/mol. The number of thioether (sulfide) groups is 2. The molecule has 1 saturated heterocycles. The van der Waals surface area contributed by atoms with Gasteiger partial charge < -0.3 is 15.3 Å². The molecule has 2 aliphatic heterocycles. The highest BCUT2D eigenvalue weighted by Crippen LogP contribution is 2.41. The Labute approximate surface area is 234 Å². The number of fused-ring (bicyclic) bond motifs is 1. The van der Waals surface area contributed by atoms with Crippen LogP contribution in [0.2, 0.25) is 0 Å². The van der Waals surface area contributed by atoms with Gasteiger partial charge in [-0.15, -0.1) is 28.2 Å². The molecule has 0 bridgehead atoms. The second-order valence-electron chi connectivity index (χ2n) is 7.93. The third-order valence-electron chi connectivity index (χ3n) is 5.08. The zero-order valence-corrected chi connectivity index (χ0v) is 23.6. The number of sulfonamides is 1. The number of rotatable bonds is 12. The van der Waals surface area contributed by atoms with Crippen molar-refractivity contribution in [2.45, 2.75) is 16.6 Å². The van der Waals surface area contributed by atoms with Crippen LogP contribution in [0.25, 0.3) is 0 Å². The van der Waals surface area contributed by atoms with Crippen LogP contribution in [0.1, 0.15) is 5.69 Å². The van der Waals surface area contributed by atoms with Gasteiger partial charge in [0.1, 0.15) is 29.4 Å². The number of amides is 2. The topological polar surface area (TPSA) is 211 Å². The molecule has 2 amide bonds. The molecule has 16 nitrogen and oxygen atoms in total. The molecule has 3 N–H and O–H groups in total. The number of aliphatic carboxylic acids is 1. The summed E-state index contributed by atoms with van der Waals surface area (Å²) >= 11 is 3.46.